The summed E-state index contributed by atoms with van der Waals surface area (Å²) in [6.07, 6.45) is -4.18. The summed E-state index contributed by atoms with van der Waals surface area (Å²) < 4.78 is 75.7. The first-order valence-corrected chi connectivity index (χ1v) is 12.0. The van der Waals surface area contributed by atoms with E-state index in [0.717, 1.165) is 38.0 Å². The molecule has 2 aliphatic heterocycles. The second-order valence-corrected chi connectivity index (χ2v) is 9.59. The van der Waals surface area contributed by atoms with Crippen LogP contribution in [-0.2, 0) is 32.2 Å². The predicted molar refractivity (Wildman–Crippen MR) is 122 cm³/mol. The molecule has 2 N–H and O–H groups in total. The number of carboxylic acid groups (broad SMARTS) is 2. The van der Waals surface area contributed by atoms with Gasteiger partial charge >= 0.3 is 24.3 Å². The molecule has 4 heterocycles. The van der Waals surface area contributed by atoms with Gasteiger partial charge in [0.15, 0.2) is 0 Å². The highest BCUT2D eigenvalue weighted by Crippen LogP contribution is 2.37. The van der Waals surface area contributed by atoms with E-state index in [1.165, 1.54) is 10.4 Å². The van der Waals surface area contributed by atoms with Gasteiger partial charge in [-0.25, -0.2) is 9.59 Å². The van der Waals surface area contributed by atoms with Crippen LogP contribution in [0.1, 0.15) is 28.8 Å². The van der Waals surface area contributed by atoms with Crippen molar-refractivity contribution in [3.05, 3.63) is 52.0 Å². The summed E-state index contributed by atoms with van der Waals surface area (Å²) in [5.74, 6) is -5.51. The average molecular weight is 573 g/mol. The minimum atomic E-state index is -5.08. The number of ether oxygens (including phenoxy) is 2. The van der Waals surface area contributed by atoms with Crippen molar-refractivity contribution in [1.82, 2.24) is 9.88 Å². The Morgan fingerprint density at radius 1 is 1.18 bits per heavy atom. The van der Waals surface area contributed by atoms with Crippen LogP contribution in [0.2, 0.25) is 0 Å². The fourth-order valence-electron chi connectivity index (χ4n) is 3.72. The van der Waals surface area contributed by atoms with Crippen LogP contribution in [0.3, 0.4) is 0 Å². The van der Waals surface area contributed by atoms with Gasteiger partial charge in [-0.05, 0) is 42.0 Å². The number of hydrogen-bond acceptors (Lipinski definition) is 7. The fraction of sp³-hybridized carbons (Fsp3) is 0.522. The lowest BCUT2D eigenvalue weighted by atomic mass is 9.98. The Hall–Kier alpha value is -2.75. The van der Waals surface area contributed by atoms with E-state index in [9.17, 15) is 26.3 Å². The number of aliphatic carboxylic acids is 2. The number of carbonyl (C=O) groups is 2. The Kier molecular flexibility index (Phi) is 11.1. The van der Waals surface area contributed by atoms with Gasteiger partial charge in [0.2, 0.25) is 0 Å². The van der Waals surface area contributed by atoms with E-state index >= 15 is 0 Å². The van der Waals surface area contributed by atoms with E-state index < -0.39 is 24.3 Å². The van der Waals surface area contributed by atoms with Gasteiger partial charge in [0.25, 0.3) is 0 Å². The molecule has 15 heteroatoms. The molecule has 0 radical (unpaired) electrons. The summed E-state index contributed by atoms with van der Waals surface area (Å²) in [5, 5.41) is 16.4. The van der Waals surface area contributed by atoms with Gasteiger partial charge in [0, 0.05) is 43.3 Å². The number of hydrogen-bond donors (Lipinski definition) is 2. The SMILES string of the molecule is Cc1ccsc1CN1CC[C@]2(C[C@H](OCc3cccnc3)CO2)C1.O=C(O)C(F)(F)F.O=C(O)C(F)(F)F. The largest absolute Gasteiger partial charge is 0.490 e. The molecular weight excluding hydrogens is 546 g/mol. The zero-order chi connectivity index (χ0) is 28.6. The van der Waals surface area contributed by atoms with Crippen LogP contribution < -0.4 is 0 Å². The molecule has 0 unspecified atom stereocenters. The van der Waals surface area contributed by atoms with E-state index in [1.807, 2.05) is 23.6 Å². The quantitative estimate of drug-likeness (QED) is 0.498. The first-order chi connectivity index (χ1) is 17.6. The molecule has 2 aliphatic rings. The third-order valence-corrected chi connectivity index (χ3v) is 6.61. The second-order valence-electron chi connectivity index (χ2n) is 8.59. The molecule has 2 atom stereocenters. The van der Waals surface area contributed by atoms with Crippen molar-refractivity contribution in [3.8, 4) is 0 Å². The van der Waals surface area contributed by atoms with Crippen molar-refractivity contribution >= 4 is 23.3 Å². The summed E-state index contributed by atoms with van der Waals surface area (Å²) in [4.78, 5) is 25.9. The van der Waals surface area contributed by atoms with Crippen molar-refractivity contribution < 1.29 is 55.6 Å². The van der Waals surface area contributed by atoms with Crippen LogP contribution in [0.5, 0.6) is 0 Å². The van der Waals surface area contributed by atoms with Crippen LogP contribution in [0.25, 0.3) is 0 Å². The third-order valence-electron chi connectivity index (χ3n) is 5.60. The Balaban J connectivity index is 0.000000301. The number of nitrogens with zero attached hydrogens (tertiary/aromatic N) is 2. The smallest absolute Gasteiger partial charge is 0.475 e. The standard InChI is InChI=1S/C19H24N2O2S.2C2HF3O2/c1-15-4-8-24-18(15)11-21-7-5-19(14-21)9-17(13-23-19)22-12-16-3-2-6-20-10-16;2*3-2(4,5)1(6)7/h2-4,6,8,10,17H,5,7,9,11-14H2,1H3;2*(H,6,7)/t17-,19-;;/m0../s1. The molecule has 0 bridgehead atoms. The maximum Gasteiger partial charge on any atom is 0.490 e. The van der Waals surface area contributed by atoms with Crippen LogP contribution >= 0.6 is 11.3 Å². The van der Waals surface area contributed by atoms with Crippen molar-refractivity contribution in [2.45, 2.75) is 57.0 Å². The summed E-state index contributed by atoms with van der Waals surface area (Å²) in [7, 11) is 0. The van der Waals surface area contributed by atoms with E-state index in [-0.39, 0.29) is 11.7 Å². The molecule has 2 aromatic rings. The number of carboxylic acids is 2. The molecule has 2 fully saturated rings. The number of pyridine rings is 1. The van der Waals surface area contributed by atoms with Crippen molar-refractivity contribution in [2.24, 2.45) is 0 Å². The average Bonchev–Trinajstić information content (AvgIpc) is 3.54. The zero-order valence-corrected chi connectivity index (χ0v) is 20.9. The molecule has 1 spiro atoms. The number of alkyl halides is 6. The van der Waals surface area contributed by atoms with Crippen molar-refractivity contribution in [3.63, 3.8) is 0 Å². The minimum Gasteiger partial charge on any atom is -0.475 e. The molecule has 0 saturated carbocycles. The number of aromatic nitrogens is 1. The molecule has 212 valence electrons. The van der Waals surface area contributed by atoms with Gasteiger partial charge in [-0.15, -0.1) is 11.3 Å². The summed E-state index contributed by atoms with van der Waals surface area (Å²) >= 11 is 1.86. The van der Waals surface area contributed by atoms with Gasteiger partial charge in [-0.2, -0.15) is 26.3 Å². The third kappa shape index (κ3) is 10.2. The molecule has 0 aromatic carbocycles. The Morgan fingerprint density at radius 2 is 1.82 bits per heavy atom. The molecule has 38 heavy (non-hydrogen) atoms. The summed E-state index contributed by atoms with van der Waals surface area (Å²) in [6, 6.07) is 6.21. The molecule has 2 saturated heterocycles. The first kappa shape index (κ1) is 31.5. The van der Waals surface area contributed by atoms with Gasteiger partial charge in [0.05, 0.1) is 24.9 Å². The van der Waals surface area contributed by atoms with Crippen LogP contribution in [0, 0.1) is 6.92 Å². The lowest BCUT2D eigenvalue weighted by Crippen LogP contribution is -2.32. The van der Waals surface area contributed by atoms with Crippen molar-refractivity contribution in [2.75, 3.05) is 19.7 Å². The number of likely N-dealkylation sites (tertiary alicyclic amines) is 1. The summed E-state index contributed by atoms with van der Waals surface area (Å²) in [5.41, 5.74) is 2.54. The normalized spacial score (nSPS) is 21.4. The van der Waals surface area contributed by atoms with Gasteiger partial charge in [-0.1, -0.05) is 6.07 Å². The van der Waals surface area contributed by atoms with Crippen LogP contribution in [0.4, 0.5) is 26.3 Å². The lowest BCUT2D eigenvalue weighted by molar-refractivity contribution is -0.193. The molecule has 0 aliphatic carbocycles. The van der Waals surface area contributed by atoms with E-state index in [2.05, 4.69) is 34.3 Å². The Labute approximate surface area is 217 Å². The van der Waals surface area contributed by atoms with Gasteiger partial charge in [0.1, 0.15) is 0 Å². The molecule has 8 nitrogen and oxygen atoms in total. The highest BCUT2D eigenvalue weighted by atomic mass is 32.1. The van der Waals surface area contributed by atoms with Gasteiger partial charge < -0.3 is 19.7 Å². The van der Waals surface area contributed by atoms with E-state index in [1.54, 1.807) is 6.20 Å². The van der Waals surface area contributed by atoms with Gasteiger partial charge in [-0.3, -0.25) is 9.88 Å². The highest BCUT2D eigenvalue weighted by Gasteiger charge is 2.46. The predicted octanol–water partition coefficient (Wildman–Crippen LogP) is 4.67. The second kappa shape index (κ2) is 13.4. The molecule has 2 aromatic heterocycles. The maximum absolute atomic E-state index is 10.6. The molecule has 0 amide bonds. The summed E-state index contributed by atoms with van der Waals surface area (Å²) in [6.45, 7) is 6.73. The van der Waals surface area contributed by atoms with E-state index in [0.29, 0.717) is 13.2 Å². The van der Waals surface area contributed by atoms with Crippen molar-refractivity contribution in [1.29, 1.82) is 0 Å². The monoisotopic (exact) mass is 572 g/mol. The topological polar surface area (TPSA) is 109 Å². The lowest BCUT2D eigenvalue weighted by Gasteiger charge is -2.23. The number of halogens is 6. The Bertz CT molecular complexity index is 1030. The highest BCUT2D eigenvalue weighted by molar-refractivity contribution is 7.10. The maximum atomic E-state index is 10.6. The minimum absolute atomic E-state index is 0.00473. The van der Waals surface area contributed by atoms with Crippen LogP contribution in [0.15, 0.2) is 36.0 Å². The molecular formula is C23H26F6N2O6S. The fourth-order valence-corrected chi connectivity index (χ4v) is 4.67. The first-order valence-electron chi connectivity index (χ1n) is 11.1. The Morgan fingerprint density at radius 3 is 2.32 bits per heavy atom. The number of rotatable bonds is 5. The zero-order valence-electron chi connectivity index (χ0n) is 20.1. The molecule has 4 rings (SSSR count). The van der Waals surface area contributed by atoms with E-state index in [4.69, 9.17) is 29.3 Å². The number of thiophene rings is 1. The van der Waals surface area contributed by atoms with Crippen LogP contribution in [-0.4, -0.2) is 75.8 Å². The number of aryl methyl sites for hydroxylation is 1.